The van der Waals surface area contributed by atoms with Crippen LogP contribution in [0, 0.1) is 5.92 Å². The van der Waals surface area contributed by atoms with E-state index >= 15 is 0 Å². The molecule has 0 spiro atoms. The molecule has 0 radical (unpaired) electrons. The number of ether oxygens (including phenoxy) is 3. The van der Waals surface area contributed by atoms with Crippen molar-refractivity contribution in [2.24, 2.45) is 5.92 Å². The van der Waals surface area contributed by atoms with Gasteiger partial charge in [-0.05, 0) is 25.7 Å². The molecule has 0 aliphatic rings. The highest BCUT2D eigenvalue weighted by Crippen LogP contribution is 1.99. The number of hydrogen-bond acceptors (Lipinski definition) is 5. The Balaban J connectivity index is 3.44. The summed E-state index contributed by atoms with van der Waals surface area (Å²) in [5, 5.41) is 8.56. The summed E-state index contributed by atoms with van der Waals surface area (Å²) in [4.78, 5) is 11.2. The molecule has 0 aromatic rings. The standard InChI is InChI=1S/C12H24O5/c1-10(2)8-16-12(14)17-11(3)9-15-7-5-4-6-13/h10-11,13H,4-9H2,1-3H3. The highest BCUT2D eigenvalue weighted by Gasteiger charge is 2.11. The number of rotatable bonds is 9. The monoisotopic (exact) mass is 248 g/mol. The molecule has 1 unspecified atom stereocenters. The van der Waals surface area contributed by atoms with Crippen molar-refractivity contribution in [3.63, 3.8) is 0 Å². The molecule has 0 amide bonds. The van der Waals surface area contributed by atoms with Crippen molar-refractivity contribution in [2.45, 2.75) is 39.7 Å². The van der Waals surface area contributed by atoms with Crippen molar-refractivity contribution in [2.75, 3.05) is 26.4 Å². The Bertz CT molecular complexity index is 193. The fraction of sp³-hybridized carbons (Fsp3) is 0.917. The number of aliphatic hydroxyl groups excluding tert-OH is 1. The van der Waals surface area contributed by atoms with Gasteiger partial charge < -0.3 is 19.3 Å². The molecule has 1 N–H and O–H groups in total. The van der Waals surface area contributed by atoms with Crippen LogP contribution in [0.4, 0.5) is 4.79 Å². The third kappa shape index (κ3) is 11.5. The molecule has 0 rings (SSSR count). The van der Waals surface area contributed by atoms with Crippen LogP contribution in [0.1, 0.15) is 33.6 Å². The van der Waals surface area contributed by atoms with Crippen molar-refractivity contribution in [3.05, 3.63) is 0 Å². The number of carbonyl (C=O) groups is 1. The molecule has 0 aliphatic heterocycles. The molecule has 0 aromatic heterocycles. The largest absolute Gasteiger partial charge is 0.508 e. The molecular weight excluding hydrogens is 224 g/mol. The maximum Gasteiger partial charge on any atom is 0.508 e. The Morgan fingerprint density at radius 3 is 2.47 bits per heavy atom. The lowest BCUT2D eigenvalue weighted by Gasteiger charge is -2.14. The zero-order valence-electron chi connectivity index (χ0n) is 11.0. The van der Waals surface area contributed by atoms with Crippen LogP contribution in [-0.2, 0) is 14.2 Å². The lowest BCUT2D eigenvalue weighted by atomic mass is 10.2. The van der Waals surface area contributed by atoms with Crippen molar-refractivity contribution >= 4 is 6.16 Å². The number of carbonyl (C=O) groups excluding carboxylic acids is 1. The molecule has 5 nitrogen and oxygen atoms in total. The third-order valence-electron chi connectivity index (χ3n) is 1.88. The average molecular weight is 248 g/mol. The third-order valence-corrected chi connectivity index (χ3v) is 1.88. The van der Waals surface area contributed by atoms with Crippen LogP contribution >= 0.6 is 0 Å². The van der Waals surface area contributed by atoms with E-state index in [2.05, 4.69) is 0 Å². The van der Waals surface area contributed by atoms with E-state index in [-0.39, 0.29) is 12.7 Å². The predicted octanol–water partition coefficient (Wildman–Crippen LogP) is 1.97. The van der Waals surface area contributed by atoms with Crippen LogP contribution in [0.2, 0.25) is 0 Å². The molecule has 0 saturated carbocycles. The Morgan fingerprint density at radius 1 is 1.18 bits per heavy atom. The van der Waals surface area contributed by atoms with Crippen LogP contribution in [0.5, 0.6) is 0 Å². The Morgan fingerprint density at radius 2 is 1.88 bits per heavy atom. The molecule has 0 saturated heterocycles. The van der Waals surface area contributed by atoms with Crippen LogP contribution in [-0.4, -0.2) is 43.8 Å². The molecule has 5 heteroatoms. The van der Waals surface area contributed by atoms with Gasteiger partial charge in [-0.2, -0.15) is 0 Å². The molecule has 0 heterocycles. The second-order valence-corrected chi connectivity index (χ2v) is 4.39. The van der Waals surface area contributed by atoms with Gasteiger partial charge in [-0.15, -0.1) is 0 Å². The summed E-state index contributed by atoms with van der Waals surface area (Å²) in [5.41, 5.74) is 0. The predicted molar refractivity (Wildman–Crippen MR) is 63.9 cm³/mol. The Hall–Kier alpha value is -0.810. The van der Waals surface area contributed by atoms with Crippen molar-refractivity contribution in [1.82, 2.24) is 0 Å². The summed E-state index contributed by atoms with van der Waals surface area (Å²) < 4.78 is 15.1. The van der Waals surface area contributed by atoms with Gasteiger partial charge in [0.1, 0.15) is 6.10 Å². The van der Waals surface area contributed by atoms with Gasteiger partial charge >= 0.3 is 6.16 Å². The fourth-order valence-corrected chi connectivity index (χ4v) is 1.03. The van der Waals surface area contributed by atoms with Gasteiger partial charge in [-0.3, -0.25) is 0 Å². The molecule has 102 valence electrons. The van der Waals surface area contributed by atoms with E-state index in [1.54, 1.807) is 6.92 Å². The van der Waals surface area contributed by atoms with E-state index < -0.39 is 6.16 Å². The molecule has 0 aromatic carbocycles. The van der Waals surface area contributed by atoms with Gasteiger partial charge in [0.2, 0.25) is 0 Å². The van der Waals surface area contributed by atoms with Gasteiger partial charge in [0.05, 0.1) is 13.2 Å². The summed E-state index contributed by atoms with van der Waals surface area (Å²) in [6.45, 7) is 7.13. The molecule has 0 aliphatic carbocycles. The minimum Gasteiger partial charge on any atom is -0.434 e. The Labute approximate surface area is 103 Å². The van der Waals surface area contributed by atoms with E-state index in [1.165, 1.54) is 0 Å². The maximum atomic E-state index is 11.2. The molecule has 17 heavy (non-hydrogen) atoms. The summed E-state index contributed by atoms with van der Waals surface area (Å²) in [6, 6.07) is 0. The SMILES string of the molecule is CC(C)COC(=O)OC(C)COCCCCO. The first-order chi connectivity index (χ1) is 8.06. The fourth-order valence-electron chi connectivity index (χ4n) is 1.03. The van der Waals surface area contributed by atoms with Crippen LogP contribution < -0.4 is 0 Å². The summed E-state index contributed by atoms with van der Waals surface area (Å²) in [6.07, 6.45) is 0.570. The average Bonchev–Trinajstić information content (AvgIpc) is 2.26. The van der Waals surface area contributed by atoms with E-state index in [1.807, 2.05) is 13.8 Å². The normalized spacial score (nSPS) is 12.5. The molecular formula is C12H24O5. The summed E-state index contributed by atoms with van der Waals surface area (Å²) in [5.74, 6) is 0.299. The first-order valence-corrected chi connectivity index (χ1v) is 6.08. The summed E-state index contributed by atoms with van der Waals surface area (Å²) >= 11 is 0. The van der Waals surface area contributed by atoms with Crippen LogP contribution in [0.15, 0.2) is 0 Å². The second-order valence-electron chi connectivity index (χ2n) is 4.39. The van der Waals surface area contributed by atoms with Crippen molar-refractivity contribution in [1.29, 1.82) is 0 Å². The van der Waals surface area contributed by atoms with E-state index in [0.29, 0.717) is 25.7 Å². The van der Waals surface area contributed by atoms with Crippen molar-refractivity contribution in [3.8, 4) is 0 Å². The minimum atomic E-state index is -0.648. The summed E-state index contributed by atoms with van der Waals surface area (Å²) in [7, 11) is 0. The van der Waals surface area contributed by atoms with E-state index in [9.17, 15) is 4.79 Å². The quantitative estimate of drug-likeness (QED) is 0.499. The van der Waals surface area contributed by atoms with Gasteiger partial charge in [-0.25, -0.2) is 4.79 Å². The number of hydrogen-bond donors (Lipinski definition) is 1. The van der Waals surface area contributed by atoms with Gasteiger partial charge in [-0.1, -0.05) is 13.8 Å². The number of unbranched alkanes of at least 4 members (excludes halogenated alkanes) is 1. The van der Waals surface area contributed by atoms with Crippen LogP contribution in [0.25, 0.3) is 0 Å². The smallest absolute Gasteiger partial charge is 0.434 e. The number of aliphatic hydroxyl groups is 1. The Kier molecular flexibility index (Phi) is 9.86. The van der Waals surface area contributed by atoms with E-state index in [4.69, 9.17) is 19.3 Å². The highest BCUT2D eigenvalue weighted by atomic mass is 16.7. The maximum absolute atomic E-state index is 11.2. The van der Waals surface area contributed by atoms with Gasteiger partial charge in [0.25, 0.3) is 0 Å². The first kappa shape index (κ1) is 16.2. The van der Waals surface area contributed by atoms with Gasteiger partial charge in [0.15, 0.2) is 0 Å². The highest BCUT2D eigenvalue weighted by molar-refractivity contribution is 5.60. The van der Waals surface area contributed by atoms with Crippen LogP contribution in [0.3, 0.4) is 0 Å². The molecule has 0 fully saturated rings. The van der Waals surface area contributed by atoms with E-state index in [0.717, 1.165) is 12.8 Å². The second kappa shape index (κ2) is 10.4. The topological polar surface area (TPSA) is 65.0 Å². The first-order valence-electron chi connectivity index (χ1n) is 6.08. The lowest BCUT2D eigenvalue weighted by Crippen LogP contribution is -2.22. The minimum absolute atomic E-state index is 0.178. The van der Waals surface area contributed by atoms with Gasteiger partial charge in [0, 0.05) is 13.2 Å². The molecule has 1 atom stereocenters. The molecule has 0 bridgehead atoms. The van der Waals surface area contributed by atoms with Crippen molar-refractivity contribution < 1.29 is 24.1 Å². The zero-order valence-corrected chi connectivity index (χ0v) is 11.0. The zero-order chi connectivity index (χ0) is 13.1. The lowest BCUT2D eigenvalue weighted by molar-refractivity contribution is -0.0131.